The highest BCUT2D eigenvalue weighted by molar-refractivity contribution is 5.83. The maximum atomic E-state index is 11.8. The average molecular weight is 308 g/mol. The largest absolute Gasteiger partial charge is 0.361 e. The molecule has 0 saturated heterocycles. The molecule has 3 N–H and O–H groups in total. The lowest BCUT2D eigenvalue weighted by atomic mass is 10.1. The van der Waals surface area contributed by atoms with Crippen molar-refractivity contribution in [1.29, 1.82) is 0 Å². The number of aromatic nitrogens is 2. The number of hydrogen-bond donors (Lipinski definition) is 3. The van der Waals surface area contributed by atoms with Gasteiger partial charge in [0.05, 0.1) is 6.54 Å². The van der Waals surface area contributed by atoms with E-state index < -0.39 is 0 Å². The van der Waals surface area contributed by atoms with E-state index in [2.05, 4.69) is 32.7 Å². The van der Waals surface area contributed by atoms with Crippen LogP contribution in [-0.2, 0) is 17.8 Å². The number of amides is 1. The Hall–Kier alpha value is -2.66. The number of para-hydroxylation sites is 1. The van der Waals surface area contributed by atoms with Crippen LogP contribution >= 0.6 is 0 Å². The van der Waals surface area contributed by atoms with Crippen molar-refractivity contribution in [3.8, 4) is 0 Å². The van der Waals surface area contributed by atoms with E-state index in [0.717, 1.165) is 17.5 Å². The smallest absolute Gasteiger partial charge is 0.233 e. The summed E-state index contributed by atoms with van der Waals surface area (Å²) in [6.45, 7) is 1.59. The summed E-state index contributed by atoms with van der Waals surface area (Å²) in [6.07, 6.45) is 6.36. The summed E-state index contributed by atoms with van der Waals surface area (Å²) < 4.78 is 0. The van der Waals surface area contributed by atoms with E-state index in [4.69, 9.17) is 0 Å². The van der Waals surface area contributed by atoms with Gasteiger partial charge in [-0.2, -0.15) is 0 Å². The predicted molar refractivity (Wildman–Crippen MR) is 91.0 cm³/mol. The minimum atomic E-state index is 0.00808. The molecule has 3 rings (SSSR count). The first-order valence-electron chi connectivity index (χ1n) is 7.74. The molecule has 0 fully saturated rings. The third-order valence-electron chi connectivity index (χ3n) is 3.73. The number of carbonyl (C=O) groups excluding carboxylic acids is 1. The fourth-order valence-electron chi connectivity index (χ4n) is 2.56. The molecule has 1 amide bonds. The van der Waals surface area contributed by atoms with Crippen LogP contribution in [0.25, 0.3) is 10.9 Å². The fourth-order valence-corrected chi connectivity index (χ4v) is 2.56. The topological polar surface area (TPSA) is 69.8 Å². The van der Waals surface area contributed by atoms with Gasteiger partial charge in [0, 0.05) is 42.6 Å². The van der Waals surface area contributed by atoms with Crippen LogP contribution in [-0.4, -0.2) is 29.0 Å². The van der Waals surface area contributed by atoms with Crippen LogP contribution in [0.2, 0.25) is 0 Å². The standard InChI is InChI=1S/C18H20N4O/c23-18(13-20-11-14-4-3-8-19-10-14)21-9-7-15-12-22-17-6-2-1-5-16(15)17/h1-6,8,10,12,20,22H,7,9,11,13H2,(H,21,23). The van der Waals surface area contributed by atoms with Gasteiger partial charge in [-0.25, -0.2) is 0 Å². The van der Waals surface area contributed by atoms with Gasteiger partial charge in [-0.05, 0) is 29.7 Å². The Kier molecular flexibility index (Phi) is 5.01. The maximum Gasteiger partial charge on any atom is 0.233 e. The first-order chi connectivity index (χ1) is 11.3. The average Bonchev–Trinajstić information content (AvgIpc) is 2.99. The zero-order valence-electron chi connectivity index (χ0n) is 12.9. The number of hydrogen-bond acceptors (Lipinski definition) is 3. The molecule has 0 aliphatic carbocycles. The summed E-state index contributed by atoms with van der Waals surface area (Å²) in [5.74, 6) is 0.00808. The van der Waals surface area contributed by atoms with E-state index in [0.29, 0.717) is 19.6 Å². The van der Waals surface area contributed by atoms with Crippen LogP contribution in [0.5, 0.6) is 0 Å². The Morgan fingerprint density at radius 3 is 2.96 bits per heavy atom. The molecule has 5 heteroatoms. The van der Waals surface area contributed by atoms with Crippen molar-refractivity contribution in [2.75, 3.05) is 13.1 Å². The molecule has 1 aromatic carbocycles. The van der Waals surface area contributed by atoms with Crippen LogP contribution < -0.4 is 10.6 Å². The monoisotopic (exact) mass is 308 g/mol. The second-order valence-electron chi connectivity index (χ2n) is 5.42. The van der Waals surface area contributed by atoms with Crippen LogP contribution in [0, 0.1) is 0 Å². The van der Waals surface area contributed by atoms with Crippen molar-refractivity contribution >= 4 is 16.8 Å². The summed E-state index contributed by atoms with van der Waals surface area (Å²) in [6, 6.07) is 12.1. The number of rotatable bonds is 7. The lowest BCUT2D eigenvalue weighted by Crippen LogP contribution is -2.34. The number of H-pyrrole nitrogens is 1. The third kappa shape index (κ3) is 4.17. The molecular weight excluding hydrogens is 288 g/mol. The quantitative estimate of drug-likeness (QED) is 0.625. The van der Waals surface area contributed by atoms with Gasteiger partial charge in [0.2, 0.25) is 5.91 Å². The third-order valence-corrected chi connectivity index (χ3v) is 3.73. The van der Waals surface area contributed by atoms with E-state index in [9.17, 15) is 4.79 Å². The summed E-state index contributed by atoms with van der Waals surface area (Å²) in [5, 5.41) is 7.28. The minimum Gasteiger partial charge on any atom is -0.361 e. The Morgan fingerprint density at radius 2 is 2.09 bits per heavy atom. The lowest BCUT2D eigenvalue weighted by Gasteiger charge is -2.06. The van der Waals surface area contributed by atoms with E-state index in [-0.39, 0.29) is 5.91 Å². The van der Waals surface area contributed by atoms with Crippen molar-refractivity contribution in [1.82, 2.24) is 20.6 Å². The normalized spacial score (nSPS) is 10.8. The van der Waals surface area contributed by atoms with Gasteiger partial charge in [0.25, 0.3) is 0 Å². The zero-order valence-corrected chi connectivity index (χ0v) is 12.9. The molecular formula is C18H20N4O. The molecule has 23 heavy (non-hydrogen) atoms. The van der Waals surface area contributed by atoms with Crippen LogP contribution in [0.3, 0.4) is 0 Å². The van der Waals surface area contributed by atoms with Crippen molar-refractivity contribution in [2.24, 2.45) is 0 Å². The number of aromatic amines is 1. The molecule has 0 spiro atoms. The van der Waals surface area contributed by atoms with Gasteiger partial charge in [0.1, 0.15) is 0 Å². The van der Waals surface area contributed by atoms with E-state index in [1.807, 2.05) is 30.5 Å². The molecule has 5 nitrogen and oxygen atoms in total. The van der Waals surface area contributed by atoms with Crippen molar-refractivity contribution in [3.05, 3.63) is 66.1 Å². The van der Waals surface area contributed by atoms with Crippen LogP contribution in [0.1, 0.15) is 11.1 Å². The first-order valence-corrected chi connectivity index (χ1v) is 7.74. The molecule has 0 atom stereocenters. The van der Waals surface area contributed by atoms with Gasteiger partial charge >= 0.3 is 0 Å². The predicted octanol–water partition coefficient (Wildman–Crippen LogP) is 2.01. The molecule has 0 saturated carbocycles. The SMILES string of the molecule is O=C(CNCc1cccnc1)NCCc1c[nH]c2ccccc12. The van der Waals surface area contributed by atoms with Gasteiger partial charge in [-0.1, -0.05) is 24.3 Å². The number of nitrogens with one attached hydrogen (secondary N) is 3. The highest BCUT2D eigenvalue weighted by Gasteiger charge is 2.04. The first kappa shape index (κ1) is 15.2. The van der Waals surface area contributed by atoms with E-state index >= 15 is 0 Å². The van der Waals surface area contributed by atoms with Gasteiger partial charge in [-0.15, -0.1) is 0 Å². The maximum absolute atomic E-state index is 11.8. The Bertz CT molecular complexity index is 767. The number of fused-ring (bicyclic) bond motifs is 1. The minimum absolute atomic E-state index is 0.00808. The summed E-state index contributed by atoms with van der Waals surface area (Å²) in [5.41, 5.74) is 3.43. The highest BCUT2D eigenvalue weighted by atomic mass is 16.1. The summed E-state index contributed by atoms with van der Waals surface area (Å²) in [7, 11) is 0. The zero-order chi connectivity index (χ0) is 15.9. The second kappa shape index (κ2) is 7.56. The Labute approximate surface area is 135 Å². The van der Waals surface area contributed by atoms with Gasteiger partial charge in [0.15, 0.2) is 0 Å². The Morgan fingerprint density at radius 1 is 1.17 bits per heavy atom. The molecule has 0 radical (unpaired) electrons. The second-order valence-corrected chi connectivity index (χ2v) is 5.42. The molecule has 0 aliphatic rings. The highest BCUT2D eigenvalue weighted by Crippen LogP contribution is 2.17. The number of benzene rings is 1. The van der Waals surface area contributed by atoms with Crippen LogP contribution in [0.4, 0.5) is 0 Å². The fraction of sp³-hybridized carbons (Fsp3) is 0.222. The molecule has 2 aromatic heterocycles. The number of carbonyl (C=O) groups is 1. The molecule has 118 valence electrons. The molecule has 2 heterocycles. The van der Waals surface area contributed by atoms with Gasteiger partial charge < -0.3 is 15.6 Å². The summed E-state index contributed by atoms with van der Waals surface area (Å²) in [4.78, 5) is 19.1. The van der Waals surface area contributed by atoms with Crippen molar-refractivity contribution in [3.63, 3.8) is 0 Å². The van der Waals surface area contributed by atoms with Crippen LogP contribution in [0.15, 0.2) is 55.0 Å². The number of pyridine rings is 1. The van der Waals surface area contributed by atoms with Crippen molar-refractivity contribution in [2.45, 2.75) is 13.0 Å². The molecule has 3 aromatic rings. The summed E-state index contributed by atoms with van der Waals surface area (Å²) >= 11 is 0. The lowest BCUT2D eigenvalue weighted by molar-refractivity contribution is -0.120. The van der Waals surface area contributed by atoms with E-state index in [1.54, 1.807) is 12.4 Å². The molecule has 0 bridgehead atoms. The molecule has 0 aliphatic heterocycles. The van der Waals surface area contributed by atoms with Crippen molar-refractivity contribution < 1.29 is 4.79 Å². The Balaban J connectivity index is 1.39. The number of nitrogens with zero attached hydrogens (tertiary/aromatic N) is 1. The van der Waals surface area contributed by atoms with E-state index in [1.165, 1.54) is 10.9 Å². The molecule has 0 unspecified atom stereocenters. The van der Waals surface area contributed by atoms with Gasteiger partial charge in [-0.3, -0.25) is 9.78 Å².